The number of nitrogens with zero attached hydrogens (tertiary/aromatic N) is 2. The quantitative estimate of drug-likeness (QED) is 0.768. The van der Waals surface area contributed by atoms with Crippen LogP contribution in [0.4, 0.5) is 11.5 Å². The highest BCUT2D eigenvalue weighted by molar-refractivity contribution is 5.71. The van der Waals surface area contributed by atoms with Crippen LogP contribution in [-0.4, -0.2) is 4.98 Å². The molecular weight excluding hydrogens is 284 g/mol. The third-order valence-corrected chi connectivity index (χ3v) is 3.59. The first kappa shape index (κ1) is 14.6. The lowest BCUT2D eigenvalue weighted by Gasteiger charge is -2.10. The van der Waals surface area contributed by atoms with E-state index in [0.717, 1.165) is 16.7 Å². The molecule has 4 heteroatoms. The van der Waals surface area contributed by atoms with Crippen LogP contribution in [0.25, 0.3) is 11.1 Å². The molecule has 3 rings (SSSR count). The van der Waals surface area contributed by atoms with Crippen molar-refractivity contribution in [3.63, 3.8) is 0 Å². The molecule has 23 heavy (non-hydrogen) atoms. The van der Waals surface area contributed by atoms with Gasteiger partial charge in [-0.3, -0.25) is 0 Å². The van der Waals surface area contributed by atoms with E-state index in [4.69, 9.17) is 5.73 Å². The molecule has 0 unspecified atom stereocenters. The lowest BCUT2D eigenvalue weighted by molar-refractivity contribution is 1.11. The molecule has 1 heterocycles. The molecule has 0 radical (unpaired) electrons. The van der Waals surface area contributed by atoms with Gasteiger partial charge < -0.3 is 11.1 Å². The van der Waals surface area contributed by atoms with Crippen LogP contribution in [0.15, 0.2) is 66.9 Å². The molecule has 0 aliphatic carbocycles. The van der Waals surface area contributed by atoms with Crippen molar-refractivity contribution in [2.24, 2.45) is 0 Å². The largest absolute Gasteiger partial charge is 0.396 e. The van der Waals surface area contributed by atoms with E-state index in [0.29, 0.717) is 23.6 Å². The molecule has 2 aromatic carbocycles. The Bertz CT molecular complexity index is 851. The average Bonchev–Trinajstić information content (AvgIpc) is 2.61. The van der Waals surface area contributed by atoms with Crippen LogP contribution >= 0.6 is 0 Å². The van der Waals surface area contributed by atoms with Gasteiger partial charge in [-0.15, -0.1) is 0 Å². The van der Waals surface area contributed by atoms with Crippen LogP contribution in [0.1, 0.15) is 11.1 Å². The molecule has 4 nitrogen and oxygen atoms in total. The van der Waals surface area contributed by atoms with Crippen LogP contribution in [0.5, 0.6) is 0 Å². The summed E-state index contributed by atoms with van der Waals surface area (Å²) in [4.78, 5) is 4.20. The van der Waals surface area contributed by atoms with E-state index in [-0.39, 0.29) is 0 Å². The van der Waals surface area contributed by atoms with Crippen molar-refractivity contribution in [2.45, 2.75) is 6.54 Å². The molecule has 0 aliphatic rings. The zero-order valence-electron chi connectivity index (χ0n) is 12.5. The Morgan fingerprint density at radius 2 is 1.87 bits per heavy atom. The number of aromatic nitrogens is 1. The van der Waals surface area contributed by atoms with Gasteiger partial charge >= 0.3 is 0 Å². The van der Waals surface area contributed by atoms with Gasteiger partial charge in [-0.2, -0.15) is 5.26 Å². The molecule has 3 N–H and O–H groups in total. The molecular formula is C19H16N4. The summed E-state index contributed by atoms with van der Waals surface area (Å²) in [6, 6.07) is 21.7. The standard InChI is InChI=1S/C19H16N4/c20-12-16-11-14(13-23-19-18(21)7-4-10-22-19)8-9-17(16)15-5-2-1-3-6-15/h1-11H,13,21H2,(H,22,23). The third kappa shape index (κ3) is 3.30. The van der Waals surface area contributed by atoms with E-state index in [2.05, 4.69) is 16.4 Å². The van der Waals surface area contributed by atoms with E-state index >= 15 is 0 Å². The van der Waals surface area contributed by atoms with Gasteiger partial charge in [0.1, 0.15) is 5.82 Å². The fraction of sp³-hybridized carbons (Fsp3) is 0.0526. The topological polar surface area (TPSA) is 74.7 Å². The number of pyridine rings is 1. The Hall–Kier alpha value is -3.32. The highest BCUT2D eigenvalue weighted by atomic mass is 15.0. The summed E-state index contributed by atoms with van der Waals surface area (Å²) in [5, 5.41) is 12.6. The van der Waals surface area contributed by atoms with Crippen molar-refractivity contribution < 1.29 is 0 Å². The summed E-state index contributed by atoms with van der Waals surface area (Å²) < 4.78 is 0. The van der Waals surface area contributed by atoms with Crippen molar-refractivity contribution in [1.82, 2.24) is 4.98 Å². The Morgan fingerprint density at radius 1 is 1.04 bits per heavy atom. The van der Waals surface area contributed by atoms with Crippen molar-refractivity contribution >= 4 is 11.5 Å². The van der Waals surface area contributed by atoms with Crippen LogP contribution in [-0.2, 0) is 6.54 Å². The summed E-state index contributed by atoms with van der Waals surface area (Å²) in [6.45, 7) is 0.560. The summed E-state index contributed by atoms with van der Waals surface area (Å²) in [7, 11) is 0. The minimum absolute atomic E-state index is 0.560. The van der Waals surface area contributed by atoms with Crippen molar-refractivity contribution in [3.8, 4) is 17.2 Å². The average molecular weight is 300 g/mol. The minimum Gasteiger partial charge on any atom is -0.396 e. The molecule has 0 bridgehead atoms. The van der Waals surface area contributed by atoms with E-state index in [1.807, 2.05) is 48.5 Å². The van der Waals surface area contributed by atoms with E-state index in [1.165, 1.54) is 0 Å². The molecule has 0 amide bonds. The molecule has 0 saturated carbocycles. The molecule has 0 spiro atoms. The van der Waals surface area contributed by atoms with E-state index in [1.54, 1.807) is 18.3 Å². The maximum absolute atomic E-state index is 9.43. The van der Waals surface area contributed by atoms with Crippen LogP contribution in [0.2, 0.25) is 0 Å². The van der Waals surface area contributed by atoms with Crippen LogP contribution in [0, 0.1) is 11.3 Å². The molecule has 0 saturated heterocycles. The number of nitriles is 1. The summed E-state index contributed by atoms with van der Waals surface area (Å²) in [6.07, 6.45) is 1.69. The van der Waals surface area contributed by atoms with Crippen LogP contribution in [0.3, 0.4) is 0 Å². The number of benzene rings is 2. The Balaban J connectivity index is 1.83. The van der Waals surface area contributed by atoms with Crippen molar-refractivity contribution in [1.29, 1.82) is 5.26 Å². The first-order valence-corrected chi connectivity index (χ1v) is 7.31. The number of rotatable bonds is 4. The van der Waals surface area contributed by atoms with Gasteiger partial charge in [-0.1, -0.05) is 42.5 Å². The highest BCUT2D eigenvalue weighted by Gasteiger charge is 2.06. The first-order valence-electron chi connectivity index (χ1n) is 7.31. The number of nitrogens with one attached hydrogen (secondary N) is 1. The smallest absolute Gasteiger partial charge is 0.149 e. The van der Waals surface area contributed by atoms with E-state index in [9.17, 15) is 5.26 Å². The molecule has 1 aromatic heterocycles. The molecule has 112 valence electrons. The van der Waals surface area contributed by atoms with Gasteiger partial charge in [0.05, 0.1) is 17.3 Å². The van der Waals surface area contributed by atoms with Gasteiger partial charge in [0.25, 0.3) is 0 Å². The van der Waals surface area contributed by atoms with Gasteiger partial charge in [0.15, 0.2) is 0 Å². The fourth-order valence-electron chi connectivity index (χ4n) is 2.41. The molecule has 0 aliphatic heterocycles. The predicted molar refractivity (Wildman–Crippen MR) is 92.6 cm³/mol. The lowest BCUT2D eigenvalue weighted by atomic mass is 9.98. The normalized spacial score (nSPS) is 10.0. The third-order valence-electron chi connectivity index (χ3n) is 3.59. The molecule has 0 atom stereocenters. The monoisotopic (exact) mass is 300 g/mol. The van der Waals surface area contributed by atoms with Crippen molar-refractivity contribution in [3.05, 3.63) is 78.0 Å². The van der Waals surface area contributed by atoms with Gasteiger partial charge in [-0.05, 0) is 34.9 Å². The molecule has 0 fully saturated rings. The number of hydrogen-bond donors (Lipinski definition) is 2. The zero-order valence-corrected chi connectivity index (χ0v) is 12.5. The minimum atomic E-state index is 0.560. The second-order valence-corrected chi connectivity index (χ2v) is 5.15. The number of anilines is 2. The SMILES string of the molecule is N#Cc1cc(CNc2ncccc2N)ccc1-c1ccccc1. The maximum Gasteiger partial charge on any atom is 0.149 e. The Morgan fingerprint density at radius 3 is 2.61 bits per heavy atom. The summed E-state index contributed by atoms with van der Waals surface area (Å²) >= 11 is 0. The van der Waals surface area contributed by atoms with Gasteiger partial charge in [0, 0.05) is 12.7 Å². The Kier molecular flexibility index (Phi) is 4.21. The number of nitrogens with two attached hydrogens (primary N) is 1. The van der Waals surface area contributed by atoms with E-state index < -0.39 is 0 Å². The number of nitrogen functional groups attached to an aromatic ring is 1. The second-order valence-electron chi connectivity index (χ2n) is 5.15. The summed E-state index contributed by atoms with van der Waals surface area (Å²) in [5.74, 6) is 0.651. The first-order chi connectivity index (χ1) is 11.3. The zero-order chi connectivity index (χ0) is 16.1. The number of hydrogen-bond acceptors (Lipinski definition) is 4. The second kappa shape index (κ2) is 6.63. The lowest BCUT2D eigenvalue weighted by Crippen LogP contribution is -2.04. The van der Waals surface area contributed by atoms with Gasteiger partial charge in [-0.25, -0.2) is 4.98 Å². The Labute approximate surface area is 135 Å². The fourth-order valence-corrected chi connectivity index (χ4v) is 2.41. The molecule has 3 aromatic rings. The highest BCUT2D eigenvalue weighted by Crippen LogP contribution is 2.24. The van der Waals surface area contributed by atoms with Gasteiger partial charge in [0.2, 0.25) is 0 Å². The van der Waals surface area contributed by atoms with Crippen LogP contribution < -0.4 is 11.1 Å². The summed E-state index contributed by atoms with van der Waals surface area (Å²) in [5.41, 5.74) is 10.1. The predicted octanol–water partition coefficient (Wildman–Crippen LogP) is 3.81. The maximum atomic E-state index is 9.43. The van der Waals surface area contributed by atoms with Crippen molar-refractivity contribution in [2.75, 3.05) is 11.1 Å².